The second kappa shape index (κ2) is 6.48. The lowest BCUT2D eigenvalue weighted by Gasteiger charge is -2.24. The van der Waals surface area contributed by atoms with Crippen molar-refractivity contribution >= 4 is 22.9 Å². The number of thiophene rings is 1. The first-order chi connectivity index (χ1) is 7.22. The molecule has 2 nitrogen and oxygen atoms in total. The Morgan fingerprint density at radius 1 is 1.53 bits per heavy atom. The quantitative estimate of drug-likeness (QED) is 0.831. The molecule has 0 radical (unpaired) electrons. The highest BCUT2D eigenvalue weighted by atomic mass is 35.5. The Morgan fingerprint density at radius 3 is 2.67 bits per heavy atom. The van der Waals surface area contributed by atoms with Crippen molar-refractivity contribution in [2.24, 2.45) is 0 Å². The summed E-state index contributed by atoms with van der Waals surface area (Å²) in [5, 5.41) is 3.29. The fraction of sp³-hybridized carbons (Fsp3) is 0.636. The molecule has 2 atom stereocenters. The minimum Gasteiger partial charge on any atom is -0.379 e. The Hall–Kier alpha value is -0.0900. The maximum Gasteiger partial charge on any atom is 0.0931 e. The van der Waals surface area contributed by atoms with Crippen molar-refractivity contribution < 1.29 is 4.74 Å². The zero-order valence-corrected chi connectivity index (χ0v) is 11.0. The van der Waals surface area contributed by atoms with Gasteiger partial charge in [-0.15, -0.1) is 11.3 Å². The van der Waals surface area contributed by atoms with Crippen molar-refractivity contribution in [2.75, 3.05) is 14.2 Å². The average Bonchev–Trinajstić information content (AvgIpc) is 2.64. The van der Waals surface area contributed by atoms with Crippen LogP contribution in [0.2, 0.25) is 4.34 Å². The summed E-state index contributed by atoms with van der Waals surface area (Å²) in [4.78, 5) is 1.24. The number of ether oxygens (including phenoxy) is 1. The number of hydrogen-bond acceptors (Lipinski definition) is 3. The van der Waals surface area contributed by atoms with E-state index in [0.29, 0.717) is 0 Å². The predicted octanol–water partition coefficient (Wildman–Crippen LogP) is 3.48. The number of rotatable bonds is 6. The smallest absolute Gasteiger partial charge is 0.0931 e. The molecule has 0 spiro atoms. The van der Waals surface area contributed by atoms with E-state index in [0.717, 1.165) is 17.2 Å². The van der Waals surface area contributed by atoms with Gasteiger partial charge in [0.05, 0.1) is 16.5 Å². The topological polar surface area (TPSA) is 21.3 Å². The Balaban J connectivity index is 2.76. The van der Waals surface area contributed by atoms with Gasteiger partial charge in [0.15, 0.2) is 0 Å². The third-order valence-electron chi connectivity index (χ3n) is 2.46. The normalized spacial score (nSPS) is 15.2. The van der Waals surface area contributed by atoms with Crippen LogP contribution >= 0.6 is 22.9 Å². The Labute approximate surface area is 101 Å². The second-order valence-electron chi connectivity index (χ2n) is 3.47. The number of hydrogen-bond donors (Lipinski definition) is 1. The first kappa shape index (κ1) is 13.0. The molecule has 0 aliphatic rings. The van der Waals surface area contributed by atoms with Gasteiger partial charge in [0, 0.05) is 12.0 Å². The van der Waals surface area contributed by atoms with Gasteiger partial charge in [-0.05, 0) is 25.6 Å². The van der Waals surface area contributed by atoms with Gasteiger partial charge in [-0.25, -0.2) is 0 Å². The predicted molar refractivity (Wildman–Crippen MR) is 66.8 cm³/mol. The largest absolute Gasteiger partial charge is 0.379 e. The molecule has 4 heteroatoms. The minimum absolute atomic E-state index is 0.217. The highest BCUT2D eigenvalue weighted by Gasteiger charge is 2.21. The standard InChI is InChI=1S/C11H18ClNOS/c1-4-5-8(14-3)11(13-2)9-6-7-10(12)15-9/h6-8,11,13H,4-5H2,1-3H3. The van der Waals surface area contributed by atoms with E-state index in [2.05, 4.69) is 18.3 Å². The molecule has 2 unspecified atom stereocenters. The first-order valence-electron chi connectivity index (χ1n) is 5.18. The van der Waals surface area contributed by atoms with Crippen molar-refractivity contribution in [1.82, 2.24) is 5.32 Å². The summed E-state index contributed by atoms with van der Waals surface area (Å²) in [6.07, 6.45) is 2.39. The fourth-order valence-corrected chi connectivity index (χ4v) is 2.94. The van der Waals surface area contributed by atoms with Crippen molar-refractivity contribution in [2.45, 2.75) is 31.9 Å². The van der Waals surface area contributed by atoms with E-state index in [4.69, 9.17) is 16.3 Å². The SMILES string of the molecule is CCCC(OC)C(NC)c1ccc(Cl)s1. The van der Waals surface area contributed by atoms with Crippen LogP contribution in [0.1, 0.15) is 30.7 Å². The molecule has 1 rings (SSSR count). The van der Waals surface area contributed by atoms with Crippen LogP contribution in [0.3, 0.4) is 0 Å². The molecule has 0 amide bonds. The zero-order valence-electron chi connectivity index (χ0n) is 9.42. The molecular weight excluding hydrogens is 230 g/mol. The molecule has 15 heavy (non-hydrogen) atoms. The molecule has 0 aromatic carbocycles. The van der Waals surface area contributed by atoms with Crippen LogP contribution < -0.4 is 5.32 Å². The molecule has 1 aromatic rings. The lowest BCUT2D eigenvalue weighted by atomic mass is 10.1. The zero-order chi connectivity index (χ0) is 11.3. The monoisotopic (exact) mass is 247 g/mol. The molecular formula is C11H18ClNOS. The molecule has 1 N–H and O–H groups in total. The molecule has 0 aliphatic heterocycles. The van der Waals surface area contributed by atoms with Crippen LogP contribution in [0.25, 0.3) is 0 Å². The Morgan fingerprint density at radius 2 is 2.27 bits per heavy atom. The van der Waals surface area contributed by atoms with E-state index in [-0.39, 0.29) is 12.1 Å². The van der Waals surface area contributed by atoms with Crippen molar-refractivity contribution in [3.05, 3.63) is 21.3 Å². The lowest BCUT2D eigenvalue weighted by Crippen LogP contribution is -2.30. The van der Waals surface area contributed by atoms with E-state index in [1.807, 2.05) is 13.1 Å². The molecule has 86 valence electrons. The van der Waals surface area contributed by atoms with Gasteiger partial charge in [-0.1, -0.05) is 24.9 Å². The lowest BCUT2D eigenvalue weighted by molar-refractivity contribution is 0.0641. The molecule has 0 saturated heterocycles. The van der Waals surface area contributed by atoms with Gasteiger partial charge in [0.25, 0.3) is 0 Å². The van der Waals surface area contributed by atoms with E-state index >= 15 is 0 Å². The third-order valence-corrected chi connectivity index (χ3v) is 3.77. The van der Waals surface area contributed by atoms with Crippen LogP contribution in [0, 0.1) is 0 Å². The maximum absolute atomic E-state index is 5.94. The maximum atomic E-state index is 5.94. The summed E-state index contributed by atoms with van der Waals surface area (Å²) in [6.45, 7) is 2.17. The van der Waals surface area contributed by atoms with Gasteiger partial charge in [-0.2, -0.15) is 0 Å². The summed E-state index contributed by atoms with van der Waals surface area (Å²) < 4.78 is 6.34. The Bertz CT molecular complexity index is 290. The molecule has 0 bridgehead atoms. The van der Waals surface area contributed by atoms with Crippen LogP contribution in [0.5, 0.6) is 0 Å². The van der Waals surface area contributed by atoms with E-state index in [9.17, 15) is 0 Å². The van der Waals surface area contributed by atoms with Crippen molar-refractivity contribution in [1.29, 1.82) is 0 Å². The van der Waals surface area contributed by atoms with Crippen LogP contribution in [-0.4, -0.2) is 20.3 Å². The van der Waals surface area contributed by atoms with Gasteiger partial charge in [0.1, 0.15) is 0 Å². The van der Waals surface area contributed by atoms with Crippen molar-refractivity contribution in [3.63, 3.8) is 0 Å². The highest BCUT2D eigenvalue weighted by molar-refractivity contribution is 7.16. The van der Waals surface area contributed by atoms with Crippen LogP contribution in [0.15, 0.2) is 12.1 Å². The number of likely N-dealkylation sites (N-methyl/N-ethyl adjacent to an activating group) is 1. The van der Waals surface area contributed by atoms with E-state index in [1.54, 1.807) is 18.4 Å². The molecule has 1 heterocycles. The van der Waals surface area contributed by atoms with Gasteiger partial charge in [0.2, 0.25) is 0 Å². The number of nitrogens with one attached hydrogen (secondary N) is 1. The average molecular weight is 248 g/mol. The fourth-order valence-electron chi connectivity index (χ4n) is 1.71. The number of methoxy groups -OCH3 is 1. The minimum atomic E-state index is 0.217. The summed E-state index contributed by atoms with van der Waals surface area (Å²) in [6, 6.07) is 4.24. The van der Waals surface area contributed by atoms with Crippen LogP contribution in [0.4, 0.5) is 0 Å². The van der Waals surface area contributed by atoms with Crippen LogP contribution in [-0.2, 0) is 4.74 Å². The summed E-state index contributed by atoms with van der Waals surface area (Å²) in [7, 11) is 3.72. The van der Waals surface area contributed by atoms with Crippen molar-refractivity contribution in [3.8, 4) is 0 Å². The molecule has 0 fully saturated rings. The van der Waals surface area contributed by atoms with E-state index < -0.39 is 0 Å². The summed E-state index contributed by atoms with van der Waals surface area (Å²) in [5.74, 6) is 0. The van der Waals surface area contributed by atoms with E-state index in [1.165, 1.54) is 4.88 Å². The summed E-state index contributed by atoms with van der Waals surface area (Å²) in [5.41, 5.74) is 0. The summed E-state index contributed by atoms with van der Waals surface area (Å²) >= 11 is 7.55. The Kier molecular flexibility index (Phi) is 5.61. The molecule has 0 aliphatic carbocycles. The molecule has 1 aromatic heterocycles. The molecule has 0 saturated carbocycles. The number of halogens is 1. The van der Waals surface area contributed by atoms with Gasteiger partial charge >= 0.3 is 0 Å². The van der Waals surface area contributed by atoms with Gasteiger partial charge in [-0.3, -0.25) is 0 Å². The van der Waals surface area contributed by atoms with Gasteiger partial charge < -0.3 is 10.1 Å². The highest BCUT2D eigenvalue weighted by Crippen LogP contribution is 2.30. The second-order valence-corrected chi connectivity index (χ2v) is 5.22. The first-order valence-corrected chi connectivity index (χ1v) is 6.37. The third kappa shape index (κ3) is 3.45.